The monoisotopic (exact) mass is 283 g/mol. The van der Waals surface area contributed by atoms with E-state index in [2.05, 4.69) is 29.4 Å². The second-order valence-electron chi connectivity index (χ2n) is 5.46. The molecule has 0 saturated heterocycles. The van der Waals surface area contributed by atoms with Crippen LogP contribution in [-0.2, 0) is 0 Å². The molecular weight excluding hydrogens is 262 g/mol. The summed E-state index contributed by atoms with van der Waals surface area (Å²) in [6.45, 7) is 6.87. The van der Waals surface area contributed by atoms with Crippen LogP contribution in [0.25, 0.3) is 11.3 Å². The number of rotatable bonds is 5. The van der Waals surface area contributed by atoms with E-state index in [0.29, 0.717) is 6.10 Å². The summed E-state index contributed by atoms with van der Waals surface area (Å²) < 4.78 is 5.79. The molecule has 1 fully saturated rings. The molecule has 21 heavy (non-hydrogen) atoms. The van der Waals surface area contributed by atoms with Gasteiger partial charge in [0, 0.05) is 12.1 Å². The van der Waals surface area contributed by atoms with E-state index in [0.717, 1.165) is 40.8 Å². The number of aryl methyl sites for hydroxylation is 2. The van der Waals surface area contributed by atoms with Crippen molar-refractivity contribution in [1.29, 1.82) is 0 Å². The fraction of sp³-hybridized carbons (Fsp3) is 0.412. The van der Waals surface area contributed by atoms with Crippen LogP contribution in [0.1, 0.15) is 31.2 Å². The maximum absolute atomic E-state index is 5.79. The third-order valence-electron chi connectivity index (χ3n) is 3.61. The van der Waals surface area contributed by atoms with E-state index in [9.17, 15) is 0 Å². The number of aromatic nitrogens is 2. The molecule has 0 radical (unpaired) electrons. The molecule has 0 amide bonds. The van der Waals surface area contributed by atoms with Crippen LogP contribution < -0.4 is 10.1 Å². The smallest absolute Gasteiger partial charge is 0.152 e. The van der Waals surface area contributed by atoms with Gasteiger partial charge in [-0.1, -0.05) is 0 Å². The van der Waals surface area contributed by atoms with E-state index in [4.69, 9.17) is 9.72 Å². The van der Waals surface area contributed by atoms with E-state index in [1.165, 1.54) is 12.8 Å². The van der Waals surface area contributed by atoms with E-state index in [1.807, 2.05) is 26.0 Å². The lowest BCUT2D eigenvalue weighted by Gasteiger charge is -2.12. The van der Waals surface area contributed by atoms with Crippen LogP contribution in [0, 0.1) is 13.8 Å². The maximum Gasteiger partial charge on any atom is 0.152 e. The molecule has 1 saturated carbocycles. The first kappa shape index (κ1) is 13.9. The average molecular weight is 283 g/mol. The van der Waals surface area contributed by atoms with Gasteiger partial charge in [0.05, 0.1) is 17.5 Å². The Morgan fingerprint density at radius 3 is 2.38 bits per heavy atom. The Morgan fingerprint density at radius 2 is 1.76 bits per heavy atom. The average Bonchev–Trinajstić information content (AvgIpc) is 3.28. The zero-order valence-corrected chi connectivity index (χ0v) is 12.8. The van der Waals surface area contributed by atoms with Gasteiger partial charge in [-0.25, -0.2) is 9.97 Å². The molecule has 0 unspecified atom stereocenters. The highest BCUT2D eigenvalue weighted by Gasteiger charge is 2.23. The van der Waals surface area contributed by atoms with Gasteiger partial charge in [-0.15, -0.1) is 0 Å². The third kappa shape index (κ3) is 3.15. The van der Waals surface area contributed by atoms with Crippen LogP contribution in [0.3, 0.4) is 0 Å². The molecule has 0 spiro atoms. The van der Waals surface area contributed by atoms with Crippen molar-refractivity contribution in [2.75, 3.05) is 11.9 Å². The van der Waals surface area contributed by atoms with Crippen LogP contribution in [0.4, 0.5) is 5.82 Å². The minimum Gasteiger partial charge on any atom is -0.490 e. The molecule has 1 aromatic carbocycles. The Labute approximate surface area is 125 Å². The van der Waals surface area contributed by atoms with Crippen LogP contribution in [0.2, 0.25) is 0 Å². The largest absolute Gasteiger partial charge is 0.490 e. The van der Waals surface area contributed by atoms with Crippen molar-refractivity contribution in [3.8, 4) is 17.0 Å². The van der Waals surface area contributed by atoms with E-state index in [1.54, 1.807) is 0 Å². The van der Waals surface area contributed by atoms with Gasteiger partial charge in [0.15, 0.2) is 5.82 Å². The highest BCUT2D eigenvalue weighted by molar-refractivity contribution is 5.72. The molecular formula is C17H21N3O. The number of nitrogens with one attached hydrogen (secondary N) is 1. The lowest BCUT2D eigenvalue weighted by molar-refractivity contribution is 0.303. The first-order valence-corrected chi connectivity index (χ1v) is 7.53. The van der Waals surface area contributed by atoms with E-state index >= 15 is 0 Å². The summed E-state index contributed by atoms with van der Waals surface area (Å²) in [6.07, 6.45) is 2.78. The number of anilines is 1. The Hall–Kier alpha value is -2.10. The Balaban J connectivity index is 1.92. The molecule has 2 aromatic rings. The third-order valence-corrected chi connectivity index (χ3v) is 3.61. The fourth-order valence-electron chi connectivity index (χ4n) is 2.16. The summed E-state index contributed by atoms with van der Waals surface area (Å²) in [5.41, 5.74) is 3.89. The molecule has 1 aliphatic rings. The standard InChI is InChI=1S/C17H21N3O/c1-4-18-17-16(19-11(2)12(3)20-17)13-5-7-14(8-6-13)21-15-9-10-15/h5-8,15H,4,9-10H2,1-3H3,(H,18,20). The Morgan fingerprint density at radius 1 is 1.10 bits per heavy atom. The number of hydrogen-bond acceptors (Lipinski definition) is 4. The zero-order chi connectivity index (χ0) is 14.8. The van der Waals surface area contributed by atoms with Crippen molar-refractivity contribution in [3.05, 3.63) is 35.7 Å². The SMILES string of the molecule is CCNc1nc(C)c(C)nc1-c1ccc(OC2CC2)cc1. The molecule has 3 rings (SSSR count). The van der Waals surface area contributed by atoms with Gasteiger partial charge >= 0.3 is 0 Å². The van der Waals surface area contributed by atoms with Crippen LogP contribution >= 0.6 is 0 Å². The normalized spacial score (nSPS) is 14.0. The number of ether oxygens (including phenoxy) is 1. The summed E-state index contributed by atoms with van der Waals surface area (Å²) in [7, 11) is 0. The summed E-state index contributed by atoms with van der Waals surface area (Å²) >= 11 is 0. The van der Waals surface area contributed by atoms with Crippen molar-refractivity contribution in [3.63, 3.8) is 0 Å². The molecule has 0 aliphatic heterocycles. The predicted octanol–water partition coefficient (Wildman–Crippen LogP) is 3.73. The summed E-state index contributed by atoms with van der Waals surface area (Å²) in [6, 6.07) is 8.13. The van der Waals surface area contributed by atoms with Crippen molar-refractivity contribution in [1.82, 2.24) is 9.97 Å². The molecule has 1 heterocycles. The molecule has 1 N–H and O–H groups in total. The summed E-state index contributed by atoms with van der Waals surface area (Å²) in [4.78, 5) is 9.31. The van der Waals surface area contributed by atoms with Crippen molar-refractivity contribution in [2.45, 2.75) is 39.7 Å². The topological polar surface area (TPSA) is 47.0 Å². The Kier molecular flexibility index (Phi) is 3.78. The van der Waals surface area contributed by atoms with Gasteiger partial charge in [0.1, 0.15) is 11.4 Å². The first-order valence-electron chi connectivity index (χ1n) is 7.53. The lowest BCUT2D eigenvalue weighted by atomic mass is 10.1. The first-order chi connectivity index (χ1) is 10.2. The molecule has 1 aliphatic carbocycles. The second-order valence-corrected chi connectivity index (χ2v) is 5.46. The minimum atomic E-state index is 0.426. The van der Waals surface area contributed by atoms with Gasteiger partial charge in [0.2, 0.25) is 0 Å². The Bertz CT molecular complexity index is 633. The van der Waals surface area contributed by atoms with Crippen LogP contribution in [0.5, 0.6) is 5.75 Å². The van der Waals surface area contributed by atoms with Crippen molar-refractivity contribution < 1.29 is 4.74 Å². The molecule has 0 bridgehead atoms. The van der Waals surface area contributed by atoms with Crippen LogP contribution in [-0.4, -0.2) is 22.6 Å². The molecule has 4 nitrogen and oxygen atoms in total. The van der Waals surface area contributed by atoms with Crippen molar-refractivity contribution >= 4 is 5.82 Å². The lowest BCUT2D eigenvalue weighted by Crippen LogP contribution is -2.06. The van der Waals surface area contributed by atoms with E-state index < -0.39 is 0 Å². The summed E-state index contributed by atoms with van der Waals surface area (Å²) in [5, 5.41) is 3.29. The second kappa shape index (κ2) is 5.72. The molecule has 110 valence electrons. The predicted molar refractivity (Wildman–Crippen MR) is 84.8 cm³/mol. The van der Waals surface area contributed by atoms with Gasteiger partial charge in [-0.2, -0.15) is 0 Å². The maximum atomic E-state index is 5.79. The molecule has 0 atom stereocenters. The number of nitrogens with zero attached hydrogens (tertiary/aromatic N) is 2. The summed E-state index contributed by atoms with van der Waals surface area (Å²) in [5.74, 6) is 1.78. The van der Waals surface area contributed by atoms with Gasteiger partial charge in [-0.05, 0) is 57.9 Å². The van der Waals surface area contributed by atoms with Gasteiger partial charge in [-0.3, -0.25) is 0 Å². The van der Waals surface area contributed by atoms with Crippen LogP contribution in [0.15, 0.2) is 24.3 Å². The molecule has 1 aromatic heterocycles. The zero-order valence-electron chi connectivity index (χ0n) is 12.8. The van der Waals surface area contributed by atoms with Gasteiger partial charge < -0.3 is 10.1 Å². The highest BCUT2D eigenvalue weighted by Crippen LogP contribution is 2.30. The van der Waals surface area contributed by atoms with Gasteiger partial charge in [0.25, 0.3) is 0 Å². The fourth-order valence-corrected chi connectivity index (χ4v) is 2.16. The minimum absolute atomic E-state index is 0.426. The highest BCUT2D eigenvalue weighted by atomic mass is 16.5. The quantitative estimate of drug-likeness (QED) is 0.908. The molecule has 4 heteroatoms. The number of benzene rings is 1. The van der Waals surface area contributed by atoms with Crippen molar-refractivity contribution in [2.24, 2.45) is 0 Å². The number of hydrogen-bond donors (Lipinski definition) is 1. The van der Waals surface area contributed by atoms with E-state index in [-0.39, 0.29) is 0 Å².